The SMILES string of the molecule is Cc1nn(Cc2ccccc2)c(C)c1CNCc1cccc(Br)c1.Cl. The lowest BCUT2D eigenvalue weighted by atomic mass is 10.1. The molecule has 1 N–H and O–H groups in total. The van der Waals surface area contributed by atoms with Gasteiger partial charge in [-0.05, 0) is 37.1 Å². The number of hydrogen-bond acceptors (Lipinski definition) is 2. The van der Waals surface area contributed by atoms with E-state index in [4.69, 9.17) is 5.10 Å². The van der Waals surface area contributed by atoms with Crippen LogP contribution in [0.1, 0.15) is 28.1 Å². The van der Waals surface area contributed by atoms with Gasteiger partial charge in [-0.1, -0.05) is 58.4 Å². The molecule has 0 amide bonds. The van der Waals surface area contributed by atoms with Crippen LogP contribution >= 0.6 is 28.3 Å². The molecule has 1 heterocycles. The van der Waals surface area contributed by atoms with Gasteiger partial charge in [-0.15, -0.1) is 12.4 Å². The third kappa shape index (κ3) is 5.18. The van der Waals surface area contributed by atoms with E-state index in [0.29, 0.717) is 0 Å². The minimum atomic E-state index is 0. The molecule has 2 aromatic carbocycles. The number of nitrogens with zero attached hydrogens (tertiary/aromatic N) is 2. The zero-order valence-corrected chi connectivity index (χ0v) is 16.9. The Hall–Kier alpha value is -1.62. The molecule has 3 rings (SSSR count). The summed E-state index contributed by atoms with van der Waals surface area (Å²) in [5.74, 6) is 0. The first kappa shape index (κ1) is 19.7. The van der Waals surface area contributed by atoms with Gasteiger partial charge in [-0.3, -0.25) is 4.68 Å². The van der Waals surface area contributed by atoms with Gasteiger partial charge in [-0.25, -0.2) is 0 Å². The lowest BCUT2D eigenvalue weighted by Crippen LogP contribution is -2.14. The Kier molecular flexibility index (Phi) is 7.24. The third-order valence-electron chi connectivity index (χ3n) is 4.23. The topological polar surface area (TPSA) is 29.9 Å². The number of hydrogen-bond donors (Lipinski definition) is 1. The van der Waals surface area contributed by atoms with Gasteiger partial charge in [0.05, 0.1) is 12.2 Å². The average molecular weight is 421 g/mol. The van der Waals surface area contributed by atoms with Crippen molar-refractivity contribution in [3.05, 3.63) is 87.1 Å². The quantitative estimate of drug-likeness (QED) is 0.606. The van der Waals surface area contributed by atoms with Crippen molar-refractivity contribution in [3.63, 3.8) is 0 Å². The van der Waals surface area contributed by atoms with Gasteiger partial charge in [0.1, 0.15) is 0 Å². The molecule has 0 saturated heterocycles. The molecule has 0 aliphatic carbocycles. The highest BCUT2D eigenvalue weighted by Crippen LogP contribution is 2.16. The highest BCUT2D eigenvalue weighted by molar-refractivity contribution is 9.10. The summed E-state index contributed by atoms with van der Waals surface area (Å²) in [6.45, 7) is 6.74. The normalized spacial score (nSPS) is 10.5. The van der Waals surface area contributed by atoms with Crippen molar-refractivity contribution in [1.29, 1.82) is 0 Å². The smallest absolute Gasteiger partial charge is 0.0662 e. The summed E-state index contributed by atoms with van der Waals surface area (Å²) in [7, 11) is 0. The van der Waals surface area contributed by atoms with Crippen molar-refractivity contribution in [2.24, 2.45) is 0 Å². The van der Waals surface area contributed by atoms with Crippen LogP contribution in [0, 0.1) is 13.8 Å². The molecule has 0 atom stereocenters. The molecule has 0 unspecified atom stereocenters. The molecule has 132 valence electrons. The standard InChI is InChI=1S/C20H22BrN3.ClH/c1-15-20(13-22-12-18-9-6-10-19(21)11-18)16(2)24(23-15)14-17-7-4-3-5-8-17;/h3-11,22H,12-14H2,1-2H3;1H. The van der Waals surface area contributed by atoms with Crippen LogP contribution in [0.3, 0.4) is 0 Å². The monoisotopic (exact) mass is 419 g/mol. The van der Waals surface area contributed by atoms with Crippen LogP contribution in [0.5, 0.6) is 0 Å². The molecule has 0 spiro atoms. The van der Waals surface area contributed by atoms with Gasteiger partial charge in [0.2, 0.25) is 0 Å². The van der Waals surface area contributed by atoms with E-state index in [1.54, 1.807) is 0 Å². The molecule has 1 aromatic heterocycles. The Morgan fingerprint density at radius 1 is 0.960 bits per heavy atom. The molecule has 0 bridgehead atoms. The van der Waals surface area contributed by atoms with Crippen molar-refractivity contribution >= 4 is 28.3 Å². The molecule has 0 aliphatic rings. The van der Waals surface area contributed by atoms with Crippen LogP contribution in [0.4, 0.5) is 0 Å². The van der Waals surface area contributed by atoms with E-state index in [1.807, 2.05) is 12.1 Å². The molecular weight excluding hydrogens is 398 g/mol. The zero-order chi connectivity index (χ0) is 16.9. The van der Waals surface area contributed by atoms with Crippen molar-refractivity contribution in [3.8, 4) is 0 Å². The van der Waals surface area contributed by atoms with Crippen LogP contribution in [0.25, 0.3) is 0 Å². The first-order chi connectivity index (χ1) is 11.6. The Morgan fingerprint density at radius 2 is 1.68 bits per heavy atom. The summed E-state index contributed by atoms with van der Waals surface area (Å²) >= 11 is 3.52. The Labute approximate surface area is 164 Å². The van der Waals surface area contributed by atoms with Gasteiger partial charge in [-0.2, -0.15) is 5.10 Å². The van der Waals surface area contributed by atoms with Crippen molar-refractivity contribution < 1.29 is 0 Å². The summed E-state index contributed by atoms with van der Waals surface area (Å²) in [6, 6.07) is 18.9. The molecule has 5 heteroatoms. The number of halogens is 2. The fourth-order valence-corrected chi connectivity index (χ4v) is 3.33. The first-order valence-corrected chi connectivity index (χ1v) is 8.95. The fraction of sp³-hybridized carbons (Fsp3) is 0.250. The fourth-order valence-electron chi connectivity index (χ4n) is 2.88. The second-order valence-corrected chi connectivity index (χ2v) is 6.94. The number of nitrogens with one attached hydrogen (secondary N) is 1. The maximum atomic E-state index is 4.71. The number of benzene rings is 2. The van der Waals surface area contributed by atoms with Crippen LogP contribution < -0.4 is 5.32 Å². The lowest BCUT2D eigenvalue weighted by molar-refractivity contribution is 0.653. The van der Waals surface area contributed by atoms with Gasteiger partial charge < -0.3 is 5.32 Å². The molecule has 3 aromatic rings. The number of aryl methyl sites for hydroxylation is 1. The van der Waals surface area contributed by atoms with E-state index in [1.165, 1.54) is 22.4 Å². The van der Waals surface area contributed by atoms with E-state index in [2.05, 4.69) is 82.2 Å². The highest BCUT2D eigenvalue weighted by atomic mass is 79.9. The summed E-state index contributed by atoms with van der Waals surface area (Å²) in [6.07, 6.45) is 0. The van der Waals surface area contributed by atoms with E-state index in [9.17, 15) is 0 Å². The van der Waals surface area contributed by atoms with Crippen molar-refractivity contribution in [1.82, 2.24) is 15.1 Å². The average Bonchev–Trinajstić information content (AvgIpc) is 2.83. The van der Waals surface area contributed by atoms with Gasteiger partial charge >= 0.3 is 0 Å². The van der Waals surface area contributed by atoms with E-state index in [-0.39, 0.29) is 12.4 Å². The minimum Gasteiger partial charge on any atom is -0.308 e. The van der Waals surface area contributed by atoms with Gasteiger partial charge in [0, 0.05) is 28.8 Å². The predicted octanol–water partition coefficient (Wildman–Crippen LogP) is 5.02. The molecule has 0 saturated carbocycles. The molecule has 0 fully saturated rings. The summed E-state index contributed by atoms with van der Waals surface area (Å²) < 4.78 is 3.21. The van der Waals surface area contributed by atoms with Crippen LogP contribution in [-0.4, -0.2) is 9.78 Å². The lowest BCUT2D eigenvalue weighted by Gasteiger charge is -2.08. The summed E-state index contributed by atoms with van der Waals surface area (Å²) in [5, 5.41) is 8.24. The van der Waals surface area contributed by atoms with Gasteiger partial charge in [0.15, 0.2) is 0 Å². The van der Waals surface area contributed by atoms with Gasteiger partial charge in [0.25, 0.3) is 0 Å². The van der Waals surface area contributed by atoms with Crippen molar-refractivity contribution in [2.75, 3.05) is 0 Å². The summed E-state index contributed by atoms with van der Waals surface area (Å²) in [4.78, 5) is 0. The van der Waals surface area contributed by atoms with Crippen molar-refractivity contribution in [2.45, 2.75) is 33.5 Å². The Bertz CT molecular complexity index is 815. The molecule has 0 radical (unpaired) electrons. The number of aromatic nitrogens is 2. The zero-order valence-electron chi connectivity index (χ0n) is 14.5. The third-order valence-corrected chi connectivity index (χ3v) is 4.72. The Morgan fingerprint density at radius 3 is 2.40 bits per heavy atom. The van der Waals surface area contributed by atoms with E-state index in [0.717, 1.165) is 29.8 Å². The molecule has 25 heavy (non-hydrogen) atoms. The number of rotatable bonds is 6. The predicted molar refractivity (Wildman–Crippen MR) is 109 cm³/mol. The highest BCUT2D eigenvalue weighted by Gasteiger charge is 2.11. The Balaban J connectivity index is 0.00000225. The molecule has 0 aliphatic heterocycles. The maximum Gasteiger partial charge on any atom is 0.0662 e. The largest absolute Gasteiger partial charge is 0.308 e. The van der Waals surface area contributed by atoms with Crippen LogP contribution in [0.15, 0.2) is 59.1 Å². The van der Waals surface area contributed by atoms with E-state index < -0.39 is 0 Å². The van der Waals surface area contributed by atoms with Crippen LogP contribution in [-0.2, 0) is 19.6 Å². The second-order valence-electron chi connectivity index (χ2n) is 6.03. The molecular formula is C20H23BrClN3. The maximum absolute atomic E-state index is 4.71. The molecule has 3 nitrogen and oxygen atoms in total. The summed E-state index contributed by atoms with van der Waals surface area (Å²) in [5.41, 5.74) is 6.18. The van der Waals surface area contributed by atoms with E-state index >= 15 is 0 Å². The minimum absolute atomic E-state index is 0. The second kappa shape index (κ2) is 9.18. The first-order valence-electron chi connectivity index (χ1n) is 8.15. The van der Waals surface area contributed by atoms with Crippen LogP contribution in [0.2, 0.25) is 0 Å².